The molecule has 2 rings (SSSR count). The number of hydrogen-bond acceptors (Lipinski definition) is 3. The van der Waals surface area contributed by atoms with Gasteiger partial charge in [-0.25, -0.2) is 4.39 Å². The van der Waals surface area contributed by atoms with Crippen LogP contribution in [0, 0.1) is 5.82 Å². The number of halogens is 2. The van der Waals surface area contributed by atoms with Crippen LogP contribution in [0.2, 0.25) is 0 Å². The van der Waals surface area contributed by atoms with Crippen molar-refractivity contribution in [2.24, 2.45) is 5.73 Å². The fourth-order valence-corrected chi connectivity index (χ4v) is 2.04. The molecule has 0 fully saturated rings. The summed E-state index contributed by atoms with van der Waals surface area (Å²) >= 11 is 0. The van der Waals surface area contributed by atoms with Gasteiger partial charge in [-0.2, -0.15) is 0 Å². The highest BCUT2D eigenvalue weighted by molar-refractivity contribution is 5.85. The first-order chi connectivity index (χ1) is 10.8. The molecule has 126 valence electrons. The third-order valence-electron chi connectivity index (χ3n) is 3.24. The molecule has 0 atom stereocenters. The van der Waals surface area contributed by atoms with E-state index in [0.29, 0.717) is 13.2 Å². The minimum Gasteiger partial charge on any atom is -0.494 e. The average molecular weight is 340 g/mol. The molecule has 0 saturated carbocycles. The molecule has 3 nitrogen and oxygen atoms in total. The van der Waals surface area contributed by atoms with Gasteiger partial charge in [0.25, 0.3) is 0 Å². The summed E-state index contributed by atoms with van der Waals surface area (Å²) in [6.45, 7) is 1.78. The Hall–Kier alpha value is -1.78. The second-order valence-electron chi connectivity index (χ2n) is 5.09. The lowest BCUT2D eigenvalue weighted by Gasteiger charge is -2.09. The summed E-state index contributed by atoms with van der Waals surface area (Å²) in [4.78, 5) is 0. The Morgan fingerprint density at radius 1 is 0.870 bits per heavy atom. The highest BCUT2D eigenvalue weighted by atomic mass is 35.5. The van der Waals surface area contributed by atoms with Crippen molar-refractivity contribution in [3.05, 3.63) is 59.9 Å². The van der Waals surface area contributed by atoms with E-state index in [1.165, 1.54) is 12.1 Å². The van der Waals surface area contributed by atoms with Crippen molar-refractivity contribution in [2.75, 3.05) is 13.2 Å². The summed E-state index contributed by atoms with van der Waals surface area (Å²) in [5.74, 6) is 1.31. The van der Waals surface area contributed by atoms with Gasteiger partial charge in [-0.15, -0.1) is 12.4 Å². The van der Waals surface area contributed by atoms with Crippen molar-refractivity contribution in [2.45, 2.75) is 25.9 Å². The molecule has 0 heterocycles. The first-order valence-electron chi connectivity index (χ1n) is 7.58. The fraction of sp³-hybridized carbons (Fsp3) is 0.333. The van der Waals surface area contributed by atoms with Gasteiger partial charge in [0.15, 0.2) is 0 Å². The maximum absolute atomic E-state index is 13.1. The molecule has 5 heteroatoms. The number of unbranched alkanes of at least 4 members (excludes halogenated alkanes) is 2. The zero-order chi connectivity index (χ0) is 15.6. The Morgan fingerprint density at radius 2 is 1.57 bits per heavy atom. The molecule has 0 aromatic heterocycles. The highest BCUT2D eigenvalue weighted by Gasteiger charge is 1.99. The van der Waals surface area contributed by atoms with Crippen molar-refractivity contribution in [1.82, 2.24) is 0 Å². The SMILES string of the molecule is Cl.NCCCCCOc1ccc(OCc2cccc(F)c2)cc1. The van der Waals surface area contributed by atoms with Crippen molar-refractivity contribution in [1.29, 1.82) is 0 Å². The van der Waals surface area contributed by atoms with Crippen LogP contribution < -0.4 is 15.2 Å². The van der Waals surface area contributed by atoms with Gasteiger partial charge in [-0.05, 0) is 67.8 Å². The zero-order valence-electron chi connectivity index (χ0n) is 13.0. The van der Waals surface area contributed by atoms with Gasteiger partial charge in [-0.1, -0.05) is 12.1 Å². The average Bonchev–Trinajstić information content (AvgIpc) is 2.54. The number of ether oxygens (including phenoxy) is 2. The van der Waals surface area contributed by atoms with Crippen LogP contribution in [0.5, 0.6) is 11.5 Å². The van der Waals surface area contributed by atoms with E-state index in [0.717, 1.165) is 42.9 Å². The van der Waals surface area contributed by atoms with Crippen LogP contribution >= 0.6 is 12.4 Å². The van der Waals surface area contributed by atoms with Gasteiger partial charge < -0.3 is 15.2 Å². The Bertz CT molecular complexity index is 563. The topological polar surface area (TPSA) is 44.5 Å². The summed E-state index contributed by atoms with van der Waals surface area (Å²) in [6.07, 6.45) is 3.14. The van der Waals surface area contributed by atoms with E-state index < -0.39 is 0 Å². The first-order valence-corrected chi connectivity index (χ1v) is 7.58. The molecule has 0 aliphatic heterocycles. The van der Waals surface area contributed by atoms with Gasteiger partial charge in [0.2, 0.25) is 0 Å². The van der Waals surface area contributed by atoms with E-state index in [9.17, 15) is 4.39 Å². The van der Waals surface area contributed by atoms with E-state index in [2.05, 4.69) is 0 Å². The molecule has 0 spiro atoms. The van der Waals surface area contributed by atoms with Crippen molar-refractivity contribution < 1.29 is 13.9 Å². The van der Waals surface area contributed by atoms with Crippen molar-refractivity contribution in [3.8, 4) is 11.5 Å². The van der Waals surface area contributed by atoms with Gasteiger partial charge >= 0.3 is 0 Å². The van der Waals surface area contributed by atoms with Crippen molar-refractivity contribution >= 4 is 12.4 Å². The molecule has 0 saturated heterocycles. The molecule has 0 aliphatic rings. The molecule has 2 N–H and O–H groups in total. The number of hydrogen-bond donors (Lipinski definition) is 1. The van der Waals surface area contributed by atoms with Gasteiger partial charge in [0.05, 0.1) is 6.61 Å². The molecule has 0 amide bonds. The second-order valence-corrected chi connectivity index (χ2v) is 5.09. The normalized spacial score (nSPS) is 10.0. The van der Waals surface area contributed by atoms with Crippen LogP contribution in [-0.4, -0.2) is 13.2 Å². The van der Waals surface area contributed by atoms with E-state index in [-0.39, 0.29) is 18.2 Å². The van der Waals surface area contributed by atoms with E-state index in [4.69, 9.17) is 15.2 Å². The quantitative estimate of drug-likeness (QED) is 0.691. The van der Waals surface area contributed by atoms with E-state index in [1.54, 1.807) is 6.07 Å². The summed E-state index contributed by atoms with van der Waals surface area (Å²) in [5.41, 5.74) is 6.25. The maximum atomic E-state index is 13.1. The second kappa shape index (κ2) is 10.9. The Kier molecular flexibility index (Phi) is 9.10. The zero-order valence-corrected chi connectivity index (χ0v) is 13.9. The van der Waals surface area contributed by atoms with Crippen LogP contribution in [0.3, 0.4) is 0 Å². The van der Waals surface area contributed by atoms with Gasteiger partial charge in [0.1, 0.15) is 23.9 Å². The summed E-state index contributed by atoms with van der Waals surface area (Å²) in [5, 5.41) is 0. The number of benzene rings is 2. The first kappa shape index (κ1) is 19.3. The molecule has 0 bridgehead atoms. The molecule has 0 aliphatic carbocycles. The summed E-state index contributed by atoms with van der Waals surface area (Å²) < 4.78 is 24.3. The van der Waals surface area contributed by atoms with Crippen molar-refractivity contribution in [3.63, 3.8) is 0 Å². The molecule has 2 aromatic carbocycles. The third kappa shape index (κ3) is 7.35. The fourth-order valence-electron chi connectivity index (χ4n) is 2.04. The molecule has 2 aromatic rings. The number of rotatable bonds is 9. The minimum atomic E-state index is -0.250. The van der Waals surface area contributed by atoms with E-state index >= 15 is 0 Å². The Labute approximate surface area is 143 Å². The van der Waals surface area contributed by atoms with Crippen LogP contribution in [0.4, 0.5) is 4.39 Å². The van der Waals surface area contributed by atoms with Crippen LogP contribution in [0.15, 0.2) is 48.5 Å². The smallest absolute Gasteiger partial charge is 0.123 e. The molecule has 23 heavy (non-hydrogen) atoms. The molecular formula is C18H23ClFNO2. The van der Waals surface area contributed by atoms with Gasteiger partial charge in [0, 0.05) is 0 Å². The highest BCUT2D eigenvalue weighted by Crippen LogP contribution is 2.19. The third-order valence-corrected chi connectivity index (χ3v) is 3.24. The largest absolute Gasteiger partial charge is 0.494 e. The molecule has 0 unspecified atom stereocenters. The number of nitrogens with two attached hydrogens (primary N) is 1. The monoisotopic (exact) mass is 339 g/mol. The predicted molar refractivity (Wildman–Crippen MR) is 92.8 cm³/mol. The lowest BCUT2D eigenvalue weighted by molar-refractivity contribution is 0.297. The molecule has 0 radical (unpaired) electrons. The maximum Gasteiger partial charge on any atom is 0.123 e. The Balaban J connectivity index is 0.00000264. The molecular weight excluding hydrogens is 317 g/mol. The lowest BCUT2D eigenvalue weighted by atomic mass is 10.2. The van der Waals surface area contributed by atoms with Gasteiger partial charge in [-0.3, -0.25) is 0 Å². The summed E-state index contributed by atoms with van der Waals surface area (Å²) in [6, 6.07) is 13.9. The minimum absolute atomic E-state index is 0. The van der Waals surface area contributed by atoms with E-state index in [1.807, 2.05) is 30.3 Å². The standard InChI is InChI=1S/C18H22FNO2.ClH/c19-16-6-4-5-15(13-16)14-22-18-9-7-17(8-10-18)21-12-3-1-2-11-20;/h4-10,13H,1-3,11-12,14,20H2;1H. The van der Waals surface area contributed by atoms with Crippen LogP contribution in [0.1, 0.15) is 24.8 Å². The summed E-state index contributed by atoms with van der Waals surface area (Å²) in [7, 11) is 0. The van der Waals surface area contributed by atoms with Crippen LogP contribution in [0.25, 0.3) is 0 Å². The Morgan fingerprint density at radius 3 is 2.22 bits per heavy atom. The van der Waals surface area contributed by atoms with Crippen LogP contribution in [-0.2, 0) is 6.61 Å². The predicted octanol–water partition coefficient (Wildman–Crippen LogP) is 4.33. The lowest BCUT2D eigenvalue weighted by Crippen LogP contribution is -2.01.